The molecule has 4 heteroatoms. The van der Waals surface area contributed by atoms with E-state index < -0.39 is 5.97 Å². The van der Waals surface area contributed by atoms with Gasteiger partial charge in [0.25, 0.3) is 0 Å². The zero-order valence-corrected chi connectivity index (χ0v) is 11.3. The van der Waals surface area contributed by atoms with Crippen molar-refractivity contribution in [3.05, 3.63) is 53.1 Å². The Morgan fingerprint density at radius 3 is 2.21 bits per heavy atom. The zero-order valence-electron chi connectivity index (χ0n) is 11.3. The number of Topliss-reactive ketones (excluding diaryl/α,β-unsaturated/α-hetero) is 1. The lowest BCUT2D eigenvalue weighted by Gasteiger charge is -2.07. The first-order chi connectivity index (χ1) is 8.97. The summed E-state index contributed by atoms with van der Waals surface area (Å²) in [5.41, 5.74) is 7.70. The number of allylic oxidation sites excluding steroid dienone is 2. The highest BCUT2D eigenvalue weighted by Gasteiger charge is 2.11. The third kappa shape index (κ3) is 3.81. The highest BCUT2D eigenvalue weighted by atomic mass is 16.5. The van der Waals surface area contributed by atoms with Crippen molar-refractivity contribution in [2.24, 2.45) is 5.73 Å². The van der Waals surface area contributed by atoms with E-state index in [1.54, 1.807) is 19.1 Å². The van der Waals surface area contributed by atoms with Gasteiger partial charge in [0.1, 0.15) is 0 Å². The normalized spacial score (nSPS) is 12.7. The molecular formula is C15H17NO3. The Labute approximate surface area is 112 Å². The van der Waals surface area contributed by atoms with Crippen LogP contribution in [-0.4, -0.2) is 18.9 Å². The maximum atomic E-state index is 11.7. The van der Waals surface area contributed by atoms with Crippen LogP contribution in [0.2, 0.25) is 0 Å². The molecule has 2 N–H and O–H groups in total. The van der Waals surface area contributed by atoms with E-state index in [4.69, 9.17) is 5.73 Å². The van der Waals surface area contributed by atoms with E-state index in [-0.39, 0.29) is 5.78 Å². The average Bonchev–Trinajstić information content (AvgIpc) is 2.43. The van der Waals surface area contributed by atoms with Crippen LogP contribution < -0.4 is 5.73 Å². The molecule has 0 saturated carbocycles. The molecular weight excluding hydrogens is 242 g/mol. The van der Waals surface area contributed by atoms with Crippen molar-refractivity contribution in [1.82, 2.24) is 0 Å². The quantitative estimate of drug-likeness (QED) is 0.510. The highest BCUT2D eigenvalue weighted by Crippen LogP contribution is 2.17. The Morgan fingerprint density at radius 2 is 1.74 bits per heavy atom. The molecule has 0 aliphatic rings. The van der Waals surface area contributed by atoms with Crippen molar-refractivity contribution in [3.8, 4) is 0 Å². The Bertz CT molecular complexity index is 542. The molecule has 19 heavy (non-hydrogen) atoms. The number of benzene rings is 1. The Morgan fingerprint density at radius 1 is 1.16 bits per heavy atom. The van der Waals surface area contributed by atoms with Crippen molar-refractivity contribution in [1.29, 1.82) is 0 Å². The minimum atomic E-state index is -0.486. The van der Waals surface area contributed by atoms with Crippen molar-refractivity contribution in [2.75, 3.05) is 7.11 Å². The number of carbonyl (C=O) groups excluding carboxylic acids is 2. The maximum absolute atomic E-state index is 11.7. The summed E-state index contributed by atoms with van der Waals surface area (Å²) in [6.07, 6.45) is 1.45. The predicted molar refractivity (Wildman–Crippen MR) is 74.0 cm³/mol. The summed E-state index contributed by atoms with van der Waals surface area (Å²) in [4.78, 5) is 23.0. The van der Waals surface area contributed by atoms with Crippen molar-refractivity contribution < 1.29 is 14.3 Å². The molecule has 0 bridgehead atoms. The molecule has 0 unspecified atom stereocenters. The van der Waals surface area contributed by atoms with Crippen LogP contribution in [0.4, 0.5) is 0 Å². The van der Waals surface area contributed by atoms with E-state index in [0.717, 1.165) is 5.56 Å². The van der Waals surface area contributed by atoms with Gasteiger partial charge >= 0.3 is 5.97 Å². The van der Waals surface area contributed by atoms with Crippen LogP contribution in [0, 0.1) is 0 Å². The van der Waals surface area contributed by atoms with Crippen molar-refractivity contribution in [2.45, 2.75) is 13.8 Å². The van der Waals surface area contributed by atoms with Crippen molar-refractivity contribution >= 4 is 17.4 Å². The molecule has 0 radical (unpaired) electrons. The lowest BCUT2D eigenvalue weighted by molar-refractivity contribution is -0.136. The van der Waals surface area contributed by atoms with Crippen LogP contribution >= 0.6 is 0 Å². The van der Waals surface area contributed by atoms with E-state index in [9.17, 15) is 9.59 Å². The molecule has 0 amide bonds. The second-order valence-corrected chi connectivity index (χ2v) is 4.07. The number of methoxy groups -OCH3 is 1. The van der Waals surface area contributed by atoms with Gasteiger partial charge in [-0.15, -0.1) is 0 Å². The second kappa shape index (κ2) is 6.54. The maximum Gasteiger partial charge on any atom is 0.333 e. The minimum Gasteiger partial charge on any atom is -0.466 e. The Hall–Kier alpha value is -2.36. The van der Waals surface area contributed by atoms with E-state index >= 15 is 0 Å². The van der Waals surface area contributed by atoms with Gasteiger partial charge in [0.05, 0.1) is 7.11 Å². The molecule has 0 aliphatic carbocycles. The molecule has 1 aromatic rings. The zero-order chi connectivity index (χ0) is 14.4. The smallest absolute Gasteiger partial charge is 0.333 e. The third-order valence-corrected chi connectivity index (χ3v) is 2.62. The summed E-state index contributed by atoms with van der Waals surface area (Å²) < 4.78 is 4.60. The second-order valence-electron chi connectivity index (χ2n) is 4.07. The largest absolute Gasteiger partial charge is 0.466 e. The molecule has 1 aromatic carbocycles. The number of esters is 1. The van der Waals surface area contributed by atoms with Crippen molar-refractivity contribution in [3.63, 3.8) is 0 Å². The topological polar surface area (TPSA) is 69.4 Å². The molecule has 0 fully saturated rings. The lowest BCUT2D eigenvalue weighted by atomic mass is 10.0. The van der Waals surface area contributed by atoms with Gasteiger partial charge in [-0.3, -0.25) is 4.79 Å². The summed E-state index contributed by atoms with van der Waals surface area (Å²) in [7, 11) is 1.29. The van der Waals surface area contributed by atoms with Gasteiger partial charge in [-0.05, 0) is 25.5 Å². The third-order valence-electron chi connectivity index (χ3n) is 2.62. The Kier molecular flexibility index (Phi) is 5.06. The summed E-state index contributed by atoms with van der Waals surface area (Å²) in [5, 5.41) is 0. The number of ether oxygens (including phenoxy) is 1. The van der Waals surface area contributed by atoms with Crippen LogP contribution in [0.5, 0.6) is 0 Å². The molecule has 0 spiro atoms. The predicted octanol–water partition coefficient (Wildman–Crippen LogP) is 2.06. The first kappa shape index (κ1) is 14.7. The van der Waals surface area contributed by atoms with Gasteiger partial charge in [0, 0.05) is 16.8 Å². The summed E-state index contributed by atoms with van der Waals surface area (Å²) in [6.45, 7) is 2.99. The van der Waals surface area contributed by atoms with Crippen LogP contribution in [0.1, 0.15) is 19.4 Å². The number of nitrogens with two attached hydrogens (primary N) is 1. The summed E-state index contributed by atoms with van der Waals surface area (Å²) in [6, 6.07) is 9.13. The average molecular weight is 259 g/mol. The van der Waals surface area contributed by atoms with E-state index in [2.05, 4.69) is 4.74 Å². The highest BCUT2D eigenvalue weighted by molar-refractivity contribution is 6.05. The van der Waals surface area contributed by atoms with Gasteiger partial charge in [0.15, 0.2) is 5.78 Å². The van der Waals surface area contributed by atoms with Crippen LogP contribution in [0.15, 0.2) is 47.6 Å². The molecule has 1 rings (SSSR count). The number of hydrogen-bond acceptors (Lipinski definition) is 4. The van der Waals surface area contributed by atoms with Gasteiger partial charge < -0.3 is 10.5 Å². The lowest BCUT2D eigenvalue weighted by Crippen LogP contribution is -2.09. The molecule has 0 heterocycles. The van der Waals surface area contributed by atoms with Gasteiger partial charge in [-0.1, -0.05) is 30.3 Å². The number of carbonyl (C=O) groups is 2. The molecule has 0 aliphatic heterocycles. The molecule has 0 aromatic heterocycles. The fraction of sp³-hybridized carbons (Fsp3) is 0.200. The van der Waals surface area contributed by atoms with E-state index in [0.29, 0.717) is 16.8 Å². The summed E-state index contributed by atoms with van der Waals surface area (Å²) in [5.74, 6) is -0.691. The summed E-state index contributed by atoms with van der Waals surface area (Å²) >= 11 is 0. The standard InChI is InChI=1S/C15H17NO3/c1-10(15(18)19-3)9-13(11(2)17)14(16)12-7-5-4-6-8-12/h4-9H,16H2,1-3H3/b10-9+,14-13-. The Balaban J connectivity index is 3.29. The molecule has 100 valence electrons. The van der Waals surface area contributed by atoms with E-state index in [1.807, 2.05) is 18.2 Å². The molecule has 0 atom stereocenters. The van der Waals surface area contributed by atoms with Gasteiger partial charge in [0.2, 0.25) is 0 Å². The first-order valence-electron chi connectivity index (χ1n) is 5.80. The fourth-order valence-corrected chi connectivity index (χ4v) is 1.58. The first-order valence-corrected chi connectivity index (χ1v) is 5.80. The SMILES string of the molecule is COC(=O)/C(C)=C/C(C(C)=O)=C(/N)c1ccccc1. The molecule has 0 saturated heterocycles. The fourth-order valence-electron chi connectivity index (χ4n) is 1.58. The number of rotatable bonds is 4. The monoisotopic (exact) mass is 259 g/mol. The number of hydrogen-bond donors (Lipinski definition) is 1. The number of ketones is 1. The van der Waals surface area contributed by atoms with Crippen LogP contribution in [0.3, 0.4) is 0 Å². The van der Waals surface area contributed by atoms with Crippen LogP contribution in [-0.2, 0) is 14.3 Å². The van der Waals surface area contributed by atoms with Gasteiger partial charge in [-0.25, -0.2) is 4.79 Å². The van der Waals surface area contributed by atoms with Gasteiger partial charge in [-0.2, -0.15) is 0 Å². The molecule has 4 nitrogen and oxygen atoms in total. The van der Waals surface area contributed by atoms with Crippen LogP contribution in [0.25, 0.3) is 5.70 Å². The minimum absolute atomic E-state index is 0.204. The van der Waals surface area contributed by atoms with E-state index in [1.165, 1.54) is 20.1 Å².